The van der Waals surface area contributed by atoms with Crippen molar-refractivity contribution in [1.29, 1.82) is 0 Å². The van der Waals surface area contributed by atoms with Crippen molar-refractivity contribution in [1.82, 2.24) is 9.80 Å². The minimum atomic E-state index is -0.329. The van der Waals surface area contributed by atoms with E-state index in [1.807, 2.05) is 0 Å². The largest absolute Gasteiger partial charge is 0.387 e. The Morgan fingerprint density at radius 3 is 2.76 bits per heavy atom. The fraction of sp³-hybridized carbons (Fsp3) is 0.667. The lowest BCUT2D eigenvalue weighted by Crippen LogP contribution is -2.50. The molecule has 1 aromatic rings. The van der Waals surface area contributed by atoms with Gasteiger partial charge >= 0.3 is 0 Å². The number of likely N-dealkylation sites (N-methyl/N-ethyl adjacent to an activating group) is 1. The summed E-state index contributed by atoms with van der Waals surface area (Å²) in [6.45, 7) is 2.23. The maximum absolute atomic E-state index is 10.9. The molecule has 3 atom stereocenters. The van der Waals surface area contributed by atoms with Crippen molar-refractivity contribution in [2.24, 2.45) is 0 Å². The van der Waals surface area contributed by atoms with Gasteiger partial charge < -0.3 is 10.0 Å². The molecule has 0 saturated carbocycles. The maximum atomic E-state index is 10.9. The van der Waals surface area contributed by atoms with E-state index in [2.05, 4.69) is 48.2 Å². The molecule has 0 bridgehead atoms. The summed E-state index contributed by atoms with van der Waals surface area (Å²) >= 11 is 0. The van der Waals surface area contributed by atoms with Crippen molar-refractivity contribution in [3.8, 4) is 0 Å². The molecule has 1 heterocycles. The molecule has 1 N–H and O–H groups in total. The first-order chi connectivity index (χ1) is 10.2. The molecule has 3 rings (SSSR count). The van der Waals surface area contributed by atoms with Crippen LogP contribution in [0.15, 0.2) is 24.3 Å². The predicted molar refractivity (Wildman–Crippen MR) is 86.4 cm³/mol. The first-order valence-corrected chi connectivity index (χ1v) is 8.33. The molecule has 21 heavy (non-hydrogen) atoms. The van der Waals surface area contributed by atoms with Gasteiger partial charge in [-0.05, 0) is 63.9 Å². The highest BCUT2D eigenvalue weighted by Gasteiger charge is 2.33. The standard InChI is InChI=1S/C18H28N2O/c1-19(2)15-9-6-12-20(13-15)17-11-5-8-14-7-3-4-10-16(14)18(17)21/h3-4,7,10,15,17-18,21H,5-6,8-9,11-13H2,1-2H3. The molecule has 0 spiro atoms. The first kappa shape index (κ1) is 15.0. The van der Waals surface area contributed by atoms with E-state index in [1.165, 1.54) is 24.8 Å². The van der Waals surface area contributed by atoms with Gasteiger partial charge in [0.2, 0.25) is 0 Å². The lowest BCUT2D eigenvalue weighted by molar-refractivity contribution is 0.0141. The second-order valence-corrected chi connectivity index (χ2v) is 6.86. The summed E-state index contributed by atoms with van der Waals surface area (Å²) in [6, 6.07) is 9.37. The minimum Gasteiger partial charge on any atom is -0.387 e. The van der Waals surface area contributed by atoms with E-state index < -0.39 is 0 Å². The SMILES string of the molecule is CN(C)C1CCCN(C2CCCc3ccccc3C2O)C1. The number of rotatable bonds is 2. The third-order valence-corrected chi connectivity index (χ3v) is 5.31. The van der Waals surface area contributed by atoms with Crippen LogP contribution in [0.4, 0.5) is 0 Å². The number of likely N-dealkylation sites (tertiary alicyclic amines) is 1. The van der Waals surface area contributed by atoms with Crippen LogP contribution in [0.3, 0.4) is 0 Å². The van der Waals surface area contributed by atoms with E-state index in [0.717, 1.165) is 31.5 Å². The lowest BCUT2D eigenvalue weighted by Gasteiger charge is -2.42. The van der Waals surface area contributed by atoms with Gasteiger partial charge in [-0.15, -0.1) is 0 Å². The molecular formula is C18H28N2O. The topological polar surface area (TPSA) is 26.7 Å². The summed E-state index contributed by atoms with van der Waals surface area (Å²) in [4.78, 5) is 4.88. The van der Waals surface area contributed by atoms with Crippen LogP contribution in [-0.4, -0.2) is 54.2 Å². The van der Waals surface area contributed by atoms with Crippen molar-refractivity contribution in [3.63, 3.8) is 0 Å². The zero-order valence-corrected chi connectivity index (χ0v) is 13.3. The van der Waals surface area contributed by atoms with Gasteiger partial charge in [-0.25, -0.2) is 0 Å². The molecule has 1 aliphatic heterocycles. The predicted octanol–water partition coefficient (Wildman–Crippen LogP) is 2.45. The van der Waals surface area contributed by atoms with Crippen LogP contribution in [0.25, 0.3) is 0 Å². The number of aryl methyl sites for hydroxylation is 1. The highest BCUT2D eigenvalue weighted by molar-refractivity contribution is 5.31. The van der Waals surface area contributed by atoms with E-state index in [4.69, 9.17) is 0 Å². The normalized spacial score (nSPS) is 31.0. The Balaban J connectivity index is 1.79. The van der Waals surface area contributed by atoms with Crippen molar-refractivity contribution in [2.45, 2.75) is 50.3 Å². The van der Waals surface area contributed by atoms with E-state index in [-0.39, 0.29) is 12.1 Å². The molecule has 1 aromatic carbocycles. The third-order valence-electron chi connectivity index (χ3n) is 5.31. The molecule has 3 heteroatoms. The van der Waals surface area contributed by atoms with Gasteiger partial charge in [-0.1, -0.05) is 24.3 Å². The summed E-state index contributed by atoms with van der Waals surface area (Å²) in [6.07, 6.45) is 5.59. The van der Waals surface area contributed by atoms with Crippen molar-refractivity contribution in [3.05, 3.63) is 35.4 Å². The summed E-state index contributed by atoms with van der Waals surface area (Å²) in [7, 11) is 4.35. The van der Waals surface area contributed by atoms with Crippen molar-refractivity contribution in [2.75, 3.05) is 27.2 Å². The Morgan fingerprint density at radius 1 is 1.14 bits per heavy atom. The number of nitrogens with zero attached hydrogens (tertiary/aromatic N) is 2. The summed E-state index contributed by atoms with van der Waals surface area (Å²) < 4.78 is 0. The zero-order valence-electron chi connectivity index (χ0n) is 13.3. The Labute approximate surface area is 128 Å². The van der Waals surface area contributed by atoms with Crippen LogP contribution < -0.4 is 0 Å². The van der Waals surface area contributed by atoms with Crippen LogP contribution in [0.2, 0.25) is 0 Å². The van der Waals surface area contributed by atoms with E-state index >= 15 is 0 Å². The Bertz CT molecular complexity index is 474. The molecule has 2 aliphatic rings. The van der Waals surface area contributed by atoms with Gasteiger partial charge in [0.15, 0.2) is 0 Å². The Hall–Kier alpha value is -0.900. The molecule has 1 saturated heterocycles. The molecule has 3 nitrogen and oxygen atoms in total. The molecule has 0 aromatic heterocycles. The molecule has 1 fully saturated rings. The Kier molecular flexibility index (Phi) is 4.63. The number of hydrogen-bond acceptors (Lipinski definition) is 3. The van der Waals surface area contributed by atoms with E-state index in [1.54, 1.807) is 0 Å². The van der Waals surface area contributed by atoms with Crippen molar-refractivity contribution < 1.29 is 5.11 Å². The molecule has 116 valence electrons. The van der Waals surface area contributed by atoms with E-state index in [9.17, 15) is 5.11 Å². The molecule has 0 amide bonds. The van der Waals surface area contributed by atoms with Crippen LogP contribution >= 0.6 is 0 Å². The number of aliphatic hydroxyl groups is 1. The molecular weight excluding hydrogens is 260 g/mol. The average Bonchev–Trinajstić information content (AvgIpc) is 2.67. The molecule has 0 radical (unpaired) electrons. The third kappa shape index (κ3) is 3.15. The second-order valence-electron chi connectivity index (χ2n) is 6.86. The summed E-state index contributed by atoms with van der Waals surface area (Å²) in [5.74, 6) is 0. The average molecular weight is 288 g/mol. The Morgan fingerprint density at radius 2 is 1.95 bits per heavy atom. The maximum Gasteiger partial charge on any atom is 0.0947 e. The highest BCUT2D eigenvalue weighted by atomic mass is 16.3. The lowest BCUT2D eigenvalue weighted by atomic mass is 9.95. The van der Waals surface area contributed by atoms with Crippen LogP contribution in [-0.2, 0) is 6.42 Å². The van der Waals surface area contributed by atoms with Crippen LogP contribution in [0.1, 0.15) is 42.9 Å². The second kappa shape index (κ2) is 6.47. The summed E-state index contributed by atoms with van der Waals surface area (Å²) in [5, 5.41) is 10.9. The number of piperidine rings is 1. The zero-order chi connectivity index (χ0) is 14.8. The smallest absolute Gasteiger partial charge is 0.0947 e. The van der Waals surface area contributed by atoms with Gasteiger partial charge in [0.1, 0.15) is 0 Å². The first-order valence-electron chi connectivity index (χ1n) is 8.33. The fourth-order valence-corrected chi connectivity index (χ4v) is 4.01. The van der Waals surface area contributed by atoms with Gasteiger partial charge in [0.25, 0.3) is 0 Å². The number of aliphatic hydroxyl groups excluding tert-OH is 1. The number of benzene rings is 1. The monoisotopic (exact) mass is 288 g/mol. The van der Waals surface area contributed by atoms with Gasteiger partial charge in [-0.3, -0.25) is 4.90 Å². The summed E-state index contributed by atoms with van der Waals surface area (Å²) in [5.41, 5.74) is 2.50. The van der Waals surface area contributed by atoms with Crippen LogP contribution in [0.5, 0.6) is 0 Å². The quantitative estimate of drug-likeness (QED) is 0.847. The number of hydrogen-bond donors (Lipinski definition) is 1. The fourth-order valence-electron chi connectivity index (χ4n) is 4.01. The van der Waals surface area contributed by atoms with Gasteiger partial charge in [0, 0.05) is 18.6 Å². The van der Waals surface area contributed by atoms with Crippen LogP contribution in [0, 0.1) is 0 Å². The highest BCUT2D eigenvalue weighted by Crippen LogP contribution is 2.33. The van der Waals surface area contributed by atoms with Crippen molar-refractivity contribution >= 4 is 0 Å². The van der Waals surface area contributed by atoms with E-state index in [0.29, 0.717) is 6.04 Å². The molecule has 3 unspecified atom stereocenters. The van der Waals surface area contributed by atoms with Gasteiger partial charge in [-0.2, -0.15) is 0 Å². The molecule has 1 aliphatic carbocycles. The number of fused-ring (bicyclic) bond motifs is 1. The van der Waals surface area contributed by atoms with Gasteiger partial charge in [0.05, 0.1) is 6.10 Å². The minimum absolute atomic E-state index is 0.288.